The second kappa shape index (κ2) is 7.35. The summed E-state index contributed by atoms with van der Waals surface area (Å²) in [6, 6.07) is 13.6. The molecule has 6 heteroatoms. The first-order valence-corrected chi connectivity index (χ1v) is 7.06. The number of halogens is 1. The van der Waals surface area contributed by atoms with Gasteiger partial charge in [0.05, 0.1) is 26.5 Å². The second-order valence-electron chi connectivity index (χ2n) is 5.13. The Bertz CT molecular complexity index is 692. The SMILES string of the molecule is COc1cc2c(cc1OC)C(=O)CN(Cc1ccccc1)N2.Cl. The monoisotopic (exact) mass is 334 g/mol. The molecule has 122 valence electrons. The maximum absolute atomic E-state index is 12.4. The molecule has 0 unspecified atom stereocenters. The topological polar surface area (TPSA) is 50.8 Å². The van der Waals surface area contributed by atoms with Crippen molar-refractivity contribution in [2.24, 2.45) is 0 Å². The highest BCUT2D eigenvalue weighted by molar-refractivity contribution is 6.04. The predicted octanol–water partition coefficient (Wildman–Crippen LogP) is 3.15. The number of benzene rings is 2. The first kappa shape index (κ1) is 17.1. The molecule has 2 aromatic carbocycles. The molecule has 0 spiro atoms. The summed E-state index contributed by atoms with van der Waals surface area (Å²) < 4.78 is 10.6. The van der Waals surface area contributed by atoms with Gasteiger partial charge in [0.25, 0.3) is 0 Å². The third-order valence-corrected chi connectivity index (χ3v) is 3.65. The number of fused-ring (bicyclic) bond motifs is 1. The van der Waals surface area contributed by atoms with Crippen molar-refractivity contribution in [1.82, 2.24) is 5.01 Å². The fraction of sp³-hybridized carbons (Fsp3) is 0.235. The van der Waals surface area contributed by atoms with Crippen LogP contribution in [0.25, 0.3) is 0 Å². The van der Waals surface area contributed by atoms with Gasteiger partial charge in [0.2, 0.25) is 0 Å². The Morgan fingerprint density at radius 2 is 1.74 bits per heavy atom. The van der Waals surface area contributed by atoms with Crippen LogP contribution < -0.4 is 14.9 Å². The summed E-state index contributed by atoms with van der Waals surface area (Å²) >= 11 is 0. The molecule has 1 aliphatic heterocycles. The first-order valence-electron chi connectivity index (χ1n) is 7.06. The highest BCUT2D eigenvalue weighted by atomic mass is 35.5. The fourth-order valence-electron chi connectivity index (χ4n) is 2.57. The minimum absolute atomic E-state index is 0. The Hall–Kier alpha value is -2.24. The summed E-state index contributed by atoms with van der Waals surface area (Å²) in [6.45, 7) is 0.970. The van der Waals surface area contributed by atoms with Gasteiger partial charge in [-0.05, 0) is 11.6 Å². The lowest BCUT2D eigenvalue weighted by Gasteiger charge is -2.30. The Labute approximate surface area is 141 Å². The van der Waals surface area contributed by atoms with Crippen molar-refractivity contribution < 1.29 is 14.3 Å². The number of hydrogen-bond donors (Lipinski definition) is 1. The number of hydrogen-bond acceptors (Lipinski definition) is 5. The van der Waals surface area contributed by atoms with Crippen molar-refractivity contribution in [1.29, 1.82) is 0 Å². The molecule has 0 fully saturated rings. The van der Waals surface area contributed by atoms with Gasteiger partial charge >= 0.3 is 0 Å². The molecular weight excluding hydrogens is 316 g/mol. The maximum atomic E-state index is 12.4. The van der Waals surface area contributed by atoms with E-state index < -0.39 is 0 Å². The summed E-state index contributed by atoms with van der Waals surface area (Å²) in [7, 11) is 3.14. The second-order valence-corrected chi connectivity index (χ2v) is 5.13. The lowest BCUT2D eigenvalue weighted by atomic mass is 10.0. The summed E-state index contributed by atoms with van der Waals surface area (Å²) in [5.74, 6) is 1.22. The van der Waals surface area contributed by atoms with Crippen LogP contribution in [0.5, 0.6) is 11.5 Å². The zero-order chi connectivity index (χ0) is 15.5. The maximum Gasteiger partial charge on any atom is 0.181 e. The molecule has 2 aromatic rings. The number of Topliss-reactive ketones (excluding diaryl/α,β-unsaturated/α-hetero) is 1. The molecule has 1 N–H and O–H groups in total. The lowest BCUT2D eigenvalue weighted by molar-refractivity contribution is 0.0929. The number of ether oxygens (including phenoxy) is 2. The van der Waals surface area contributed by atoms with Crippen LogP contribution in [0, 0.1) is 0 Å². The van der Waals surface area contributed by atoms with Crippen LogP contribution in [-0.2, 0) is 6.54 Å². The number of ketones is 1. The fourth-order valence-corrected chi connectivity index (χ4v) is 2.57. The highest BCUT2D eigenvalue weighted by Crippen LogP contribution is 2.35. The Morgan fingerprint density at radius 3 is 2.39 bits per heavy atom. The Kier molecular flexibility index (Phi) is 5.47. The predicted molar refractivity (Wildman–Crippen MR) is 91.6 cm³/mol. The number of nitrogens with zero attached hydrogens (tertiary/aromatic N) is 1. The van der Waals surface area contributed by atoms with Crippen molar-refractivity contribution in [3.05, 3.63) is 53.6 Å². The van der Waals surface area contributed by atoms with Crippen LogP contribution in [0.2, 0.25) is 0 Å². The van der Waals surface area contributed by atoms with Gasteiger partial charge in [-0.2, -0.15) is 0 Å². The van der Waals surface area contributed by atoms with E-state index in [0.29, 0.717) is 30.2 Å². The van der Waals surface area contributed by atoms with Crippen LogP contribution in [0.4, 0.5) is 5.69 Å². The first-order chi connectivity index (χ1) is 10.7. The van der Waals surface area contributed by atoms with Crippen LogP contribution in [0.1, 0.15) is 15.9 Å². The third-order valence-electron chi connectivity index (χ3n) is 3.65. The van der Waals surface area contributed by atoms with E-state index in [9.17, 15) is 4.79 Å². The van der Waals surface area contributed by atoms with Crippen molar-refractivity contribution in [2.75, 3.05) is 26.2 Å². The molecule has 0 amide bonds. The molecule has 23 heavy (non-hydrogen) atoms. The number of carbonyl (C=O) groups is 1. The molecule has 5 nitrogen and oxygen atoms in total. The molecule has 3 rings (SSSR count). The zero-order valence-electron chi connectivity index (χ0n) is 13.0. The molecule has 0 radical (unpaired) electrons. The minimum Gasteiger partial charge on any atom is -0.493 e. The Balaban J connectivity index is 0.00000192. The van der Waals surface area contributed by atoms with Crippen molar-refractivity contribution in [3.8, 4) is 11.5 Å². The quantitative estimate of drug-likeness (QED) is 0.930. The normalized spacial score (nSPS) is 13.6. The van der Waals surface area contributed by atoms with Crippen molar-refractivity contribution in [2.45, 2.75) is 6.54 Å². The molecule has 0 bridgehead atoms. The van der Waals surface area contributed by atoms with Crippen LogP contribution in [-0.4, -0.2) is 31.6 Å². The van der Waals surface area contributed by atoms with E-state index in [-0.39, 0.29) is 18.2 Å². The minimum atomic E-state index is 0. The number of anilines is 1. The number of methoxy groups -OCH3 is 2. The van der Waals surface area contributed by atoms with Crippen molar-refractivity contribution in [3.63, 3.8) is 0 Å². The van der Waals surface area contributed by atoms with E-state index in [4.69, 9.17) is 9.47 Å². The van der Waals surface area contributed by atoms with Gasteiger partial charge in [-0.25, -0.2) is 5.01 Å². The molecular formula is C17H19ClN2O3. The standard InChI is InChI=1S/C17H18N2O3.ClH/c1-21-16-8-13-14(9-17(16)22-2)18-19(11-15(13)20)10-12-6-4-3-5-7-12;/h3-9,18H,10-11H2,1-2H3;1H. The highest BCUT2D eigenvalue weighted by Gasteiger charge is 2.25. The zero-order valence-corrected chi connectivity index (χ0v) is 13.9. The smallest absolute Gasteiger partial charge is 0.181 e. The van der Waals surface area contributed by atoms with E-state index >= 15 is 0 Å². The number of rotatable bonds is 4. The van der Waals surface area contributed by atoms with E-state index in [1.165, 1.54) is 0 Å². The van der Waals surface area contributed by atoms with Crippen LogP contribution in [0.15, 0.2) is 42.5 Å². The Morgan fingerprint density at radius 1 is 1.09 bits per heavy atom. The van der Waals surface area contributed by atoms with Gasteiger partial charge in [-0.1, -0.05) is 30.3 Å². The van der Waals surface area contributed by atoms with E-state index in [0.717, 1.165) is 11.3 Å². The number of nitrogens with one attached hydrogen (secondary N) is 1. The summed E-state index contributed by atoms with van der Waals surface area (Å²) in [4.78, 5) is 12.4. The van der Waals surface area contributed by atoms with Crippen LogP contribution >= 0.6 is 12.4 Å². The largest absolute Gasteiger partial charge is 0.493 e. The molecule has 1 heterocycles. The van der Waals surface area contributed by atoms with E-state index in [1.807, 2.05) is 35.3 Å². The molecule has 0 saturated heterocycles. The van der Waals surface area contributed by atoms with Gasteiger partial charge in [0.15, 0.2) is 17.3 Å². The molecule has 0 aromatic heterocycles. The van der Waals surface area contributed by atoms with Gasteiger partial charge < -0.3 is 14.9 Å². The molecule has 0 aliphatic carbocycles. The van der Waals surface area contributed by atoms with Crippen LogP contribution in [0.3, 0.4) is 0 Å². The van der Waals surface area contributed by atoms with Crippen molar-refractivity contribution >= 4 is 23.9 Å². The average Bonchev–Trinajstić information content (AvgIpc) is 2.54. The summed E-state index contributed by atoms with van der Waals surface area (Å²) in [6.07, 6.45) is 0. The van der Waals surface area contributed by atoms with Gasteiger partial charge in [-0.15, -0.1) is 12.4 Å². The molecule has 0 atom stereocenters. The third kappa shape index (κ3) is 3.57. The lowest BCUT2D eigenvalue weighted by Crippen LogP contribution is -2.39. The average molecular weight is 335 g/mol. The summed E-state index contributed by atoms with van der Waals surface area (Å²) in [5.41, 5.74) is 5.79. The van der Waals surface area contributed by atoms with Gasteiger partial charge in [0, 0.05) is 18.2 Å². The van der Waals surface area contributed by atoms with Gasteiger partial charge in [-0.3, -0.25) is 4.79 Å². The molecule has 0 saturated carbocycles. The van der Waals surface area contributed by atoms with E-state index in [1.54, 1.807) is 26.4 Å². The summed E-state index contributed by atoms with van der Waals surface area (Å²) in [5, 5.41) is 1.89. The number of carbonyl (C=O) groups excluding carboxylic acids is 1. The van der Waals surface area contributed by atoms with E-state index in [2.05, 4.69) is 5.43 Å². The number of hydrazine groups is 1. The molecule has 1 aliphatic rings. The van der Waals surface area contributed by atoms with Gasteiger partial charge in [0.1, 0.15) is 0 Å².